The van der Waals surface area contributed by atoms with Crippen molar-refractivity contribution in [1.29, 1.82) is 0 Å². The Balaban J connectivity index is 1.92. The van der Waals surface area contributed by atoms with E-state index in [4.69, 9.17) is 14.2 Å². The number of nitrogens with zero attached hydrogens (tertiary/aromatic N) is 1. The summed E-state index contributed by atoms with van der Waals surface area (Å²) in [4.78, 5) is 14.9. The van der Waals surface area contributed by atoms with Crippen molar-refractivity contribution in [3.05, 3.63) is 53.1 Å². The molecule has 0 fully saturated rings. The van der Waals surface area contributed by atoms with Crippen LogP contribution in [0.1, 0.15) is 34.5 Å². The van der Waals surface area contributed by atoms with E-state index in [1.807, 2.05) is 42.2 Å². The van der Waals surface area contributed by atoms with Crippen molar-refractivity contribution in [3.8, 4) is 17.2 Å². The third kappa shape index (κ3) is 3.14. The molecule has 0 aliphatic carbocycles. The van der Waals surface area contributed by atoms with E-state index in [2.05, 4.69) is 0 Å². The van der Waals surface area contributed by atoms with Crippen LogP contribution in [0.3, 0.4) is 0 Å². The van der Waals surface area contributed by atoms with Crippen LogP contribution in [0, 0.1) is 0 Å². The molecule has 0 saturated heterocycles. The fourth-order valence-electron chi connectivity index (χ4n) is 3.34. The van der Waals surface area contributed by atoms with Crippen molar-refractivity contribution in [2.24, 2.45) is 0 Å². The topological polar surface area (TPSA) is 48.0 Å². The maximum atomic E-state index is 13.0. The molecule has 1 atom stereocenters. The van der Waals surface area contributed by atoms with Gasteiger partial charge in [0, 0.05) is 12.1 Å². The van der Waals surface area contributed by atoms with Gasteiger partial charge in [0.05, 0.1) is 27.4 Å². The van der Waals surface area contributed by atoms with Crippen LogP contribution in [-0.2, 0) is 6.42 Å². The first-order valence-corrected chi connectivity index (χ1v) is 8.28. The first-order valence-electron chi connectivity index (χ1n) is 8.28. The van der Waals surface area contributed by atoms with Gasteiger partial charge < -0.3 is 19.1 Å². The van der Waals surface area contributed by atoms with Gasteiger partial charge in [0.1, 0.15) is 5.75 Å². The zero-order chi connectivity index (χ0) is 18.0. The number of carbonyl (C=O) groups is 1. The molecule has 1 unspecified atom stereocenters. The average molecular weight is 341 g/mol. The molecular weight excluding hydrogens is 318 g/mol. The summed E-state index contributed by atoms with van der Waals surface area (Å²) in [6, 6.07) is 11.2. The quantitative estimate of drug-likeness (QED) is 0.854. The van der Waals surface area contributed by atoms with Gasteiger partial charge in [-0.2, -0.15) is 0 Å². The molecule has 0 spiro atoms. The largest absolute Gasteiger partial charge is 0.497 e. The third-order valence-corrected chi connectivity index (χ3v) is 4.76. The number of methoxy groups -OCH3 is 3. The summed E-state index contributed by atoms with van der Waals surface area (Å²) in [5.41, 5.74) is 2.93. The fourth-order valence-corrected chi connectivity index (χ4v) is 3.34. The first-order chi connectivity index (χ1) is 12.1. The SMILES string of the molecule is COc1cccc(C(=O)N2CCc3cc(OC)c(OC)cc3C2C)c1. The zero-order valence-electron chi connectivity index (χ0n) is 15.0. The molecule has 5 nitrogen and oxygen atoms in total. The first kappa shape index (κ1) is 17.1. The molecule has 1 amide bonds. The van der Waals surface area contributed by atoms with Gasteiger partial charge in [-0.25, -0.2) is 0 Å². The number of ether oxygens (including phenoxy) is 3. The lowest BCUT2D eigenvalue weighted by Gasteiger charge is -2.36. The lowest BCUT2D eigenvalue weighted by molar-refractivity contribution is 0.0677. The normalized spacial score (nSPS) is 16.2. The van der Waals surface area contributed by atoms with E-state index in [9.17, 15) is 4.79 Å². The highest BCUT2D eigenvalue weighted by atomic mass is 16.5. The van der Waals surface area contributed by atoms with Crippen molar-refractivity contribution >= 4 is 5.91 Å². The van der Waals surface area contributed by atoms with Crippen LogP contribution in [-0.4, -0.2) is 38.7 Å². The number of carbonyl (C=O) groups excluding carboxylic acids is 1. The Morgan fingerprint density at radius 3 is 2.44 bits per heavy atom. The highest BCUT2D eigenvalue weighted by Gasteiger charge is 2.29. The molecule has 2 aromatic carbocycles. The minimum atomic E-state index is -0.0396. The Morgan fingerprint density at radius 1 is 1.04 bits per heavy atom. The van der Waals surface area contributed by atoms with Crippen molar-refractivity contribution in [2.45, 2.75) is 19.4 Å². The summed E-state index contributed by atoms with van der Waals surface area (Å²) in [5, 5.41) is 0. The Morgan fingerprint density at radius 2 is 1.76 bits per heavy atom. The molecule has 0 N–H and O–H groups in total. The molecule has 0 radical (unpaired) electrons. The molecule has 3 rings (SSSR count). The van der Waals surface area contributed by atoms with Crippen LogP contribution >= 0.6 is 0 Å². The van der Waals surface area contributed by atoms with Crippen molar-refractivity contribution in [1.82, 2.24) is 4.90 Å². The molecule has 1 aliphatic heterocycles. The van der Waals surface area contributed by atoms with Crippen LogP contribution in [0.25, 0.3) is 0 Å². The second-order valence-electron chi connectivity index (χ2n) is 6.06. The number of fused-ring (bicyclic) bond motifs is 1. The van der Waals surface area contributed by atoms with Crippen molar-refractivity contribution < 1.29 is 19.0 Å². The summed E-state index contributed by atoms with van der Waals surface area (Å²) in [7, 11) is 4.86. The van der Waals surface area contributed by atoms with Crippen LogP contribution < -0.4 is 14.2 Å². The van der Waals surface area contributed by atoms with Gasteiger partial charge in [0.25, 0.3) is 5.91 Å². The summed E-state index contributed by atoms with van der Waals surface area (Å²) < 4.78 is 16.0. The maximum absolute atomic E-state index is 13.0. The molecule has 0 saturated carbocycles. The Hall–Kier alpha value is -2.69. The van der Waals surface area contributed by atoms with Gasteiger partial charge >= 0.3 is 0 Å². The van der Waals surface area contributed by atoms with Crippen molar-refractivity contribution in [2.75, 3.05) is 27.9 Å². The minimum absolute atomic E-state index is 0.00633. The average Bonchev–Trinajstić information content (AvgIpc) is 2.66. The number of rotatable bonds is 4. The van der Waals surface area contributed by atoms with Crippen LogP contribution in [0.15, 0.2) is 36.4 Å². The molecule has 2 aromatic rings. The standard InChI is InChI=1S/C20H23NO4/c1-13-17-12-19(25-4)18(24-3)11-14(17)8-9-21(13)20(22)15-6-5-7-16(10-15)23-2/h5-7,10-13H,8-9H2,1-4H3. The third-order valence-electron chi connectivity index (χ3n) is 4.76. The van der Waals surface area contributed by atoms with E-state index in [0.29, 0.717) is 23.6 Å². The van der Waals surface area contributed by atoms with Gasteiger partial charge in [-0.3, -0.25) is 4.79 Å². The summed E-state index contributed by atoms with van der Waals surface area (Å²) in [6.45, 7) is 2.71. The van der Waals surface area contributed by atoms with E-state index in [-0.39, 0.29) is 11.9 Å². The molecule has 25 heavy (non-hydrogen) atoms. The van der Waals surface area contributed by atoms with E-state index >= 15 is 0 Å². The van der Waals surface area contributed by atoms with E-state index in [0.717, 1.165) is 17.7 Å². The number of hydrogen-bond donors (Lipinski definition) is 0. The van der Waals surface area contributed by atoms with Crippen LogP contribution in [0.5, 0.6) is 17.2 Å². The summed E-state index contributed by atoms with van der Waals surface area (Å²) in [6.07, 6.45) is 0.787. The van der Waals surface area contributed by atoms with E-state index < -0.39 is 0 Å². The smallest absolute Gasteiger partial charge is 0.254 e. The number of amides is 1. The molecule has 0 aromatic heterocycles. The molecule has 1 aliphatic rings. The van der Waals surface area contributed by atoms with Gasteiger partial charge in [0.15, 0.2) is 11.5 Å². The molecule has 1 heterocycles. The highest BCUT2D eigenvalue weighted by Crippen LogP contribution is 2.38. The van der Waals surface area contributed by atoms with Crippen LogP contribution in [0.2, 0.25) is 0 Å². The van der Waals surface area contributed by atoms with Gasteiger partial charge in [0.2, 0.25) is 0 Å². The molecular formula is C20H23NO4. The van der Waals surface area contributed by atoms with Crippen molar-refractivity contribution in [3.63, 3.8) is 0 Å². The predicted octanol–water partition coefficient (Wildman–Crippen LogP) is 3.47. The Kier molecular flexibility index (Phi) is 4.83. The molecule has 132 valence electrons. The second kappa shape index (κ2) is 7.05. The molecule has 0 bridgehead atoms. The summed E-state index contributed by atoms with van der Waals surface area (Å²) in [5.74, 6) is 2.10. The van der Waals surface area contributed by atoms with Crippen LogP contribution in [0.4, 0.5) is 0 Å². The summed E-state index contributed by atoms with van der Waals surface area (Å²) >= 11 is 0. The molecule has 5 heteroatoms. The minimum Gasteiger partial charge on any atom is -0.497 e. The van der Waals surface area contributed by atoms with Gasteiger partial charge in [-0.1, -0.05) is 6.07 Å². The highest BCUT2D eigenvalue weighted by molar-refractivity contribution is 5.95. The van der Waals surface area contributed by atoms with E-state index in [1.165, 1.54) is 5.56 Å². The maximum Gasteiger partial charge on any atom is 0.254 e. The lowest BCUT2D eigenvalue weighted by atomic mass is 9.92. The van der Waals surface area contributed by atoms with Gasteiger partial charge in [-0.05, 0) is 54.8 Å². The lowest BCUT2D eigenvalue weighted by Crippen LogP contribution is -2.38. The van der Waals surface area contributed by atoms with Gasteiger partial charge in [-0.15, -0.1) is 0 Å². The Bertz CT molecular complexity index is 787. The predicted molar refractivity (Wildman–Crippen MR) is 95.7 cm³/mol. The number of hydrogen-bond acceptors (Lipinski definition) is 4. The monoisotopic (exact) mass is 341 g/mol. The fraction of sp³-hybridized carbons (Fsp3) is 0.350. The number of benzene rings is 2. The Labute approximate surface area is 148 Å². The van der Waals surface area contributed by atoms with E-state index in [1.54, 1.807) is 27.4 Å². The zero-order valence-corrected chi connectivity index (χ0v) is 15.0. The second-order valence-corrected chi connectivity index (χ2v) is 6.06.